The van der Waals surface area contributed by atoms with Crippen molar-refractivity contribution in [2.45, 2.75) is 26.8 Å². The number of nitrogens with zero attached hydrogens (tertiary/aromatic N) is 2. The van der Waals surface area contributed by atoms with Crippen LogP contribution in [0.15, 0.2) is 11.0 Å². The Morgan fingerprint density at radius 3 is 3.00 bits per heavy atom. The molecular formula is C11H14ClN3O. The first-order valence-corrected chi connectivity index (χ1v) is 5.47. The Labute approximate surface area is 99.6 Å². The molecule has 1 N–H and O–H groups in total. The first-order chi connectivity index (χ1) is 7.70. The summed E-state index contributed by atoms with van der Waals surface area (Å²) in [7, 11) is 0. The van der Waals surface area contributed by atoms with Gasteiger partial charge in [-0.3, -0.25) is 4.79 Å². The van der Waals surface area contributed by atoms with E-state index in [1.54, 1.807) is 13.1 Å². The highest BCUT2D eigenvalue weighted by Gasteiger charge is 2.06. The van der Waals surface area contributed by atoms with E-state index in [1.807, 2.05) is 6.92 Å². The summed E-state index contributed by atoms with van der Waals surface area (Å²) < 4.78 is 1.32. The van der Waals surface area contributed by atoms with E-state index in [4.69, 9.17) is 11.6 Å². The zero-order valence-corrected chi connectivity index (χ0v) is 10.1. The maximum Gasteiger partial charge on any atom is 0.287 e. The highest BCUT2D eigenvalue weighted by atomic mass is 35.5. The summed E-state index contributed by atoms with van der Waals surface area (Å²) >= 11 is 5.92. The fourth-order valence-electron chi connectivity index (χ4n) is 1.20. The Balaban J connectivity index is 2.77. The van der Waals surface area contributed by atoms with E-state index in [9.17, 15) is 4.79 Å². The summed E-state index contributed by atoms with van der Waals surface area (Å²) in [6.07, 6.45) is 2.27. The molecule has 0 saturated carbocycles. The van der Waals surface area contributed by atoms with Gasteiger partial charge in [0.1, 0.15) is 5.02 Å². The van der Waals surface area contributed by atoms with Crippen molar-refractivity contribution < 1.29 is 0 Å². The molecule has 0 bridgehead atoms. The lowest BCUT2D eigenvalue weighted by molar-refractivity contribution is 0.616. The molecule has 1 rings (SSSR count). The molecule has 0 unspecified atom stereocenters. The summed E-state index contributed by atoms with van der Waals surface area (Å²) in [4.78, 5) is 11.6. The van der Waals surface area contributed by atoms with Crippen molar-refractivity contribution in [3.8, 4) is 11.8 Å². The summed E-state index contributed by atoms with van der Waals surface area (Å²) in [6.45, 7) is 4.80. The minimum atomic E-state index is -0.268. The minimum absolute atomic E-state index is 0.182. The van der Waals surface area contributed by atoms with E-state index < -0.39 is 0 Å². The molecule has 0 atom stereocenters. The lowest BCUT2D eigenvalue weighted by Gasteiger charge is -2.07. The number of nitrogens with one attached hydrogen (secondary N) is 1. The highest BCUT2D eigenvalue weighted by molar-refractivity contribution is 6.32. The summed E-state index contributed by atoms with van der Waals surface area (Å²) in [5, 5.41) is 7.19. The third kappa shape index (κ3) is 3.01. The van der Waals surface area contributed by atoms with Gasteiger partial charge >= 0.3 is 0 Å². The fourth-order valence-corrected chi connectivity index (χ4v) is 1.41. The summed E-state index contributed by atoms with van der Waals surface area (Å²) in [5.41, 5.74) is 0.296. The topological polar surface area (TPSA) is 46.9 Å². The van der Waals surface area contributed by atoms with Crippen molar-refractivity contribution in [2.24, 2.45) is 0 Å². The second kappa shape index (κ2) is 6.19. The Morgan fingerprint density at radius 2 is 2.38 bits per heavy atom. The number of aromatic nitrogens is 2. The van der Waals surface area contributed by atoms with Crippen molar-refractivity contribution in [1.29, 1.82) is 0 Å². The second-order valence-corrected chi connectivity index (χ2v) is 3.47. The molecule has 16 heavy (non-hydrogen) atoms. The van der Waals surface area contributed by atoms with E-state index in [1.165, 1.54) is 4.68 Å². The van der Waals surface area contributed by atoms with Crippen LogP contribution in [0.2, 0.25) is 5.02 Å². The van der Waals surface area contributed by atoms with Crippen LogP contribution in [0.3, 0.4) is 0 Å². The van der Waals surface area contributed by atoms with Gasteiger partial charge < -0.3 is 5.32 Å². The van der Waals surface area contributed by atoms with Gasteiger partial charge in [0.2, 0.25) is 0 Å². The van der Waals surface area contributed by atoms with Crippen molar-refractivity contribution in [2.75, 3.05) is 11.9 Å². The number of rotatable bonds is 4. The van der Waals surface area contributed by atoms with Crippen molar-refractivity contribution >= 4 is 17.3 Å². The predicted octanol–water partition coefficient (Wildman–Crippen LogP) is 1.74. The van der Waals surface area contributed by atoms with Crippen LogP contribution in [0.4, 0.5) is 5.69 Å². The molecule has 0 aromatic carbocycles. The Kier molecular flexibility index (Phi) is 4.87. The van der Waals surface area contributed by atoms with E-state index in [-0.39, 0.29) is 10.6 Å². The monoisotopic (exact) mass is 239 g/mol. The number of halogens is 1. The Hall–Kier alpha value is -1.47. The first kappa shape index (κ1) is 12.6. The summed E-state index contributed by atoms with van der Waals surface area (Å²) in [5.74, 6) is 5.71. The quantitative estimate of drug-likeness (QED) is 0.643. The fraction of sp³-hybridized carbons (Fsp3) is 0.455. The number of hydrogen-bond acceptors (Lipinski definition) is 3. The maximum atomic E-state index is 11.6. The van der Waals surface area contributed by atoms with Gasteiger partial charge in [0, 0.05) is 19.5 Å². The molecule has 0 saturated heterocycles. The van der Waals surface area contributed by atoms with E-state index in [0.717, 1.165) is 0 Å². The molecular weight excluding hydrogens is 226 g/mol. The number of hydrogen-bond donors (Lipinski definition) is 1. The molecule has 5 heteroatoms. The second-order valence-electron chi connectivity index (χ2n) is 3.10. The largest absolute Gasteiger partial charge is 0.381 e. The molecule has 0 fully saturated rings. The molecule has 86 valence electrons. The number of aryl methyl sites for hydroxylation is 1. The normalized spacial score (nSPS) is 9.44. The molecule has 0 aliphatic rings. The molecule has 0 aliphatic heterocycles. The average Bonchev–Trinajstić information content (AvgIpc) is 2.30. The van der Waals surface area contributed by atoms with Crippen molar-refractivity contribution in [3.05, 3.63) is 21.6 Å². The molecule has 0 spiro atoms. The maximum absolute atomic E-state index is 11.6. The van der Waals surface area contributed by atoms with Crippen LogP contribution in [-0.2, 0) is 6.54 Å². The Morgan fingerprint density at radius 1 is 1.62 bits per heavy atom. The van der Waals surface area contributed by atoms with Gasteiger partial charge in [-0.2, -0.15) is 5.10 Å². The third-order valence-corrected chi connectivity index (χ3v) is 2.39. The lowest BCUT2D eigenvalue weighted by atomic mass is 10.4. The minimum Gasteiger partial charge on any atom is -0.381 e. The molecule has 1 aromatic heterocycles. The molecule has 0 amide bonds. The van der Waals surface area contributed by atoms with Crippen LogP contribution >= 0.6 is 11.6 Å². The van der Waals surface area contributed by atoms with Crippen LogP contribution in [0.1, 0.15) is 20.3 Å². The molecule has 1 heterocycles. The lowest BCUT2D eigenvalue weighted by Crippen LogP contribution is -2.23. The van der Waals surface area contributed by atoms with Gasteiger partial charge in [0.05, 0.1) is 11.9 Å². The van der Waals surface area contributed by atoms with Crippen LogP contribution in [0.5, 0.6) is 0 Å². The van der Waals surface area contributed by atoms with Gasteiger partial charge in [-0.25, -0.2) is 4.68 Å². The standard InChI is InChI=1S/C11H14ClN3O/c1-3-5-6-7-13-9-8-14-15(4-2)11(16)10(9)12/h8,13H,4,6-7H2,1-2H3. The zero-order chi connectivity index (χ0) is 12.0. The van der Waals surface area contributed by atoms with Crippen molar-refractivity contribution in [3.63, 3.8) is 0 Å². The predicted molar refractivity (Wildman–Crippen MR) is 65.7 cm³/mol. The van der Waals surface area contributed by atoms with Gasteiger partial charge in [-0.05, 0) is 13.8 Å². The van der Waals surface area contributed by atoms with E-state index in [0.29, 0.717) is 25.2 Å². The van der Waals surface area contributed by atoms with E-state index >= 15 is 0 Å². The third-order valence-electron chi connectivity index (χ3n) is 2.03. The van der Waals surface area contributed by atoms with Gasteiger partial charge in [-0.1, -0.05) is 11.6 Å². The van der Waals surface area contributed by atoms with Crippen LogP contribution in [-0.4, -0.2) is 16.3 Å². The van der Waals surface area contributed by atoms with Gasteiger partial charge in [0.15, 0.2) is 0 Å². The molecule has 0 radical (unpaired) electrons. The zero-order valence-electron chi connectivity index (χ0n) is 9.38. The average molecular weight is 240 g/mol. The first-order valence-electron chi connectivity index (χ1n) is 5.09. The van der Waals surface area contributed by atoms with Crippen LogP contribution in [0, 0.1) is 11.8 Å². The van der Waals surface area contributed by atoms with E-state index in [2.05, 4.69) is 22.3 Å². The Bertz CT molecular complexity index is 470. The van der Waals surface area contributed by atoms with Gasteiger partial charge in [0.25, 0.3) is 5.56 Å². The van der Waals surface area contributed by atoms with Crippen LogP contribution in [0.25, 0.3) is 0 Å². The molecule has 0 aliphatic carbocycles. The summed E-state index contributed by atoms with van der Waals surface area (Å²) in [6, 6.07) is 0. The number of anilines is 1. The van der Waals surface area contributed by atoms with Gasteiger partial charge in [-0.15, -0.1) is 11.8 Å². The SMILES string of the molecule is CC#CCCNc1cnn(CC)c(=O)c1Cl. The highest BCUT2D eigenvalue weighted by Crippen LogP contribution is 2.14. The smallest absolute Gasteiger partial charge is 0.287 e. The van der Waals surface area contributed by atoms with Crippen LogP contribution < -0.4 is 10.9 Å². The molecule has 1 aromatic rings. The van der Waals surface area contributed by atoms with Crippen molar-refractivity contribution in [1.82, 2.24) is 9.78 Å². The molecule has 4 nitrogen and oxygen atoms in total.